The van der Waals surface area contributed by atoms with E-state index in [4.69, 9.17) is 4.74 Å². The lowest BCUT2D eigenvalue weighted by atomic mass is 9.83. The van der Waals surface area contributed by atoms with Crippen molar-refractivity contribution in [2.75, 3.05) is 20.2 Å². The van der Waals surface area contributed by atoms with Crippen LogP contribution in [-0.2, 0) is 11.3 Å². The van der Waals surface area contributed by atoms with Gasteiger partial charge in [-0.05, 0) is 50.3 Å². The van der Waals surface area contributed by atoms with Crippen molar-refractivity contribution in [3.05, 3.63) is 53.1 Å². The van der Waals surface area contributed by atoms with E-state index in [1.165, 1.54) is 0 Å². The number of rotatable bonds is 6. The van der Waals surface area contributed by atoms with Crippen LogP contribution in [0, 0.1) is 12.8 Å². The van der Waals surface area contributed by atoms with Gasteiger partial charge in [0.25, 0.3) is 5.91 Å². The molecule has 0 bridgehead atoms. The van der Waals surface area contributed by atoms with Crippen molar-refractivity contribution < 1.29 is 14.3 Å². The van der Waals surface area contributed by atoms with Crippen LogP contribution in [0.2, 0.25) is 0 Å². The lowest BCUT2D eigenvalue weighted by molar-refractivity contribution is -0.139. The van der Waals surface area contributed by atoms with E-state index in [2.05, 4.69) is 15.3 Å². The third-order valence-corrected chi connectivity index (χ3v) is 6.38. The normalized spacial score (nSPS) is 18.9. The first-order valence-electron chi connectivity index (χ1n) is 11.1. The molecule has 1 saturated carbocycles. The molecule has 1 aromatic heterocycles. The minimum Gasteiger partial charge on any atom is -0.497 e. The molecule has 7 heteroatoms. The molecular weight excluding hydrogens is 392 g/mol. The Bertz CT molecular complexity index is 958. The molecule has 2 fully saturated rings. The van der Waals surface area contributed by atoms with Crippen LogP contribution in [0.5, 0.6) is 5.75 Å². The summed E-state index contributed by atoms with van der Waals surface area (Å²) in [4.78, 5) is 36.4. The predicted molar refractivity (Wildman–Crippen MR) is 117 cm³/mol. The van der Waals surface area contributed by atoms with Crippen molar-refractivity contribution in [3.63, 3.8) is 0 Å². The Morgan fingerprint density at radius 2 is 2.06 bits per heavy atom. The molecule has 31 heavy (non-hydrogen) atoms. The van der Waals surface area contributed by atoms with E-state index in [-0.39, 0.29) is 17.7 Å². The van der Waals surface area contributed by atoms with Crippen LogP contribution >= 0.6 is 0 Å². The first-order valence-corrected chi connectivity index (χ1v) is 11.1. The third-order valence-electron chi connectivity index (χ3n) is 6.38. The number of nitrogens with zero attached hydrogens (tertiary/aromatic N) is 3. The van der Waals surface area contributed by atoms with Crippen molar-refractivity contribution in [1.29, 1.82) is 0 Å². The number of hydrogen-bond donors (Lipinski definition) is 1. The van der Waals surface area contributed by atoms with Crippen LogP contribution in [0.4, 0.5) is 0 Å². The maximum Gasteiger partial charge on any atom is 0.254 e. The Morgan fingerprint density at radius 1 is 1.23 bits per heavy atom. The average Bonchev–Trinajstić information content (AvgIpc) is 2.76. The summed E-state index contributed by atoms with van der Waals surface area (Å²) in [6.45, 7) is 3.75. The minimum atomic E-state index is -0.197. The molecule has 1 N–H and O–H groups in total. The number of methoxy groups -OCH3 is 1. The summed E-state index contributed by atoms with van der Waals surface area (Å²) < 4.78 is 5.22. The number of carbonyl (C=O) groups is 2. The summed E-state index contributed by atoms with van der Waals surface area (Å²) in [5, 5.41) is 2.93. The molecule has 4 rings (SSSR count). The molecule has 2 heterocycles. The number of ether oxygens (including phenoxy) is 1. The monoisotopic (exact) mass is 422 g/mol. The predicted octanol–water partition coefficient (Wildman–Crippen LogP) is 3.23. The highest BCUT2D eigenvalue weighted by molar-refractivity contribution is 5.94. The minimum absolute atomic E-state index is 0.130. The fourth-order valence-corrected chi connectivity index (χ4v) is 4.27. The zero-order valence-corrected chi connectivity index (χ0v) is 18.3. The molecule has 7 nitrogen and oxygen atoms in total. The number of carbonyl (C=O) groups excluding carboxylic acids is 2. The molecule has 2 aromatic rings. The first-order chi connectivity index (χ1) is 15.0. The smallest absolute Gasteiger partial charge is 0.254 e. The Kier molecular flexibility index (Phi) is 6.49. The molecular formula is C24H30N4O3. The summed E-state index contributed by atoms with van der Waals surface area (Å²) >= 11 is 0. The van der Waals surface area contributed by atoms with Crippen molar-refractivity contribution in [2.24, 2.45) is 5.92 Å². The Morgan fingerprint density at radius 3 is 2.77 bits per heavy atom. The lowest BCUT2D eigenvalue weighted by Gasteiger charge is -2.36. The van der Waals surface area contributed by atoms with Crippen molar-refractivity contribution in [1.82, 2.24) is 20.2 Å². The van der Waals surface area contributed by atoms with E-state index in [1.807, 2.05) is 36.1 Å². The standard InChI is InChI=1S/C24H30N4O3/c1-16-21(23(29)26-13-17-6-3-10-20(12-17)31-2)14-25-22(27-16)19-9-5-11-28(15-19)24(30)18-7-4-8-18/h3,6,10,12,14,18-19H,4-5,7-9,11,13,15H2,1-2H3,(H,26,29). The number of likely N-dealkylation sites (tertiary alicyclic amines) is 1. The highest BCUT2D eigenvalue weighted by Crippen LogP contribution is 2.32. The van der Waals surface area contributed by atoms with Crippen molar-refractivity contribution >= 4 is 11.8 Å². The highest BCUT2D eigenvalue weighted by Gasteiger charge is 2.33. The van der Waals surface area contributed by atoms with Gasteiger partial charge in [-0.25, -0.2) is 9.97 Å². The summed E-state index contributed by atoms with van der Waals surface area (Å²) in [5.74, 6) is 1.93. The second kappa shape index (κ2) is 9.45. The summed E-state index contributed by atoms with van der Waals surface area (Å²) in [7, 11) is 1.62. The topological polar surface area (TPSA) is 84.4 Å². The highest BCUT2D eigenvalue weighted by atomic mass is 16.5. The van der Waals surface area contributed by atoms with Gasteiger partial charge in [-0.2, -0.15) is 0 Å². The summed E-state index contributed by atoms with van der Waals surface area (Å²) in [6, 6.07) is 7.60. The largest absolute Gasteiger partial charge is 0.497 e. The van der Waals surface area contributed by atoms with E-state index in [1.54, 1.807) is 13.3 Å². The first kappa shape index (κ1) is 21.3. The summed E-state index contributed by atoms with van der Waals surface area (Å²) in [5.41, 5.74) is 2.10. The van der Waals surface area contributed by atoms with Crippen LogP contribution in [0.15, 0.2) is 30.5 Å². The van der Waals surface area contributed by atoms with Gasteiger partial charge < -0.3 is 15.0 Å². The molecule has 1 aromatic carbocycles. The van der Waals surface area contributed by atoms with Crippen LogP contribution in [-0.4, -0.2) is 46.9 Å². The molecule has 1 unspecified atom stereocenters. The van der Waals surface area contributed by atoms with E-state index >= 15 is 0 Å². The Hall–Kier alpha value is -2.96. The fraction of sp³-hybridized carbons (Fsp3) is 0.500. The van der Waals surface area contributed by atoms with E-state index in [9.17, 15) is 9.59 Å². The van der Waals surface area contributed by atoms with Crippen molar-refractivity contribution in [2.45, 2.75) is 51.5 Å². The second-order valence-electron chi connectivity index (χ2n) is 8.51. The van der Waals surface area contributed by atoms with Gasteiger partial charge in [-0.1, -0.05) is 18.6 Å². The number of aromatic nitrogens is 2. The third kappa shape index (κ3) is 4.86. The Balaban J connectivity index is 1.38. The molecule has 1 saturated heterocycles. The van der Waals surface area contributed by atoms with Crippen molar-refractivity contribution in [3.8, 4) is 5.75 Å². The van der Waals surface area contributed by atoms with Gasteiger partial charge in [0, 0.05) is 37.7 Å². The number of piperidine rings is 1. The molecule has 0 spiro atoms. The van der Waals surface area contributed by atoms with Crippen LogP contribution in [0.25, 0.3) is 0 Å². The van der Waals surface area contributed by atoms with E-state index in [0.717, 1.165) is 55.8 Å². The van der Waals surface area contributed by atoms with E-state index in [0.29, 0.717) is 30.3 Å². The maximum absolute atomic E-state index is 12.7. The van der Waals surface area contributed by atoms with Gasteiger partial charge >= 0.3 is 0 Å². The van der Waals surface area contributed by atoms with Crippen LogP contribution < -0.4 is 10.1 Å². The van der Waals surface area contributed by atoms with Gasteiger partial charge in [0.15, 0.2) is 0 Å². The Labute approximate surface area is 183 Å². The average molecular weight is 423 g/mol. The van der Waals surface area contributed by atoms with Gasteiger partial charge in [-0.3, -0.25) is 9.59 Å². The van der Waals surface area contributed by atoms with Crippen LogP contribution in [0.1, 0.15) is 65.5 Å². The number of benzene rings is 1. The molecule has 1 atom stereocenters. The molecule has 1 aliphatic heterocycles. The molecule has 164 valence electrons. The van der Waals surface area contributed by atoms with Gasteiger partial charge in [0.1, 0.15) is 11.6 Å². The number of nitrogens with one attached hydrogen (secondary N) is 1. The zero-order chi connectivity index (χ0) is 21.8. The SMILES string of the molecule is COc1cccc(CNC(=O)c2cnc(C3CCCN(C(=O)C4CCC4)C3)nc2C)c1. The maximum atomic E-state index is 12.7. The second-order valence-corrected chi connectivity index (χ2v) is 8.51. The lowest BCUT2D eigenvalue weighted by Crippen LogP contribution is -2.44. The number of aryl methyl sites for hydroxylation is 1. The molecule has 0 radical (unpaired) electrons. The zero-order valence-electron chi connectivity index (χ0n) is 18.3. The number of amides is 2. The van der Waals surface area contributed by atoms with E-state index < -0.39 is 0 Å². The molecule has 2 amide bonds. The van der Waals surface area contributed by atoms with Crippen LogP contribution in [0.3, 0.4) is 0 Å². The fourth-order valence-electron chi connectivity index (χ4n) is 4.27. The summed E-state index contributed by atoms with van der Waals surface area (Å²) in [6.07, 6.45) is 6.76. The number of hydrogen-bond acceptors (Lipinski definition) is 5. The molecule has 1 aliphatic carbocycles. The van der Waals surface area contributed by atoms with Gasteiger partial charge in [-0.15, -0.1) is 0 Å². The van der Waals surface area contributed by atoms with Gasteiger partial charge in [0.2, 0.25) is 5.91 Å². The molecule has 2 aliphatic rings. The quantitative estimate of drug-likeness (QED) is 0.773. The van der Waals surface area contributed by atoms with Gasteiger partial charge in [0.05, 0.1) is 18.4 Å².